The standard InChI is InChI=1S/2C15H30O2.C6H14O2/c2*1-2-3-4-5-6-7-8-9-10-11-12-13-14-15(16)17;1-2-3-4-5-6(7)8/h2*2-14H2,1H3,(H,16,17);6-8H,2-5H2,1H3. The lowest BCUT2D eigenvalue weighted by Gasteiger charge is -2.02. The fraction of sp³-hybridized carbons (Fsp3) is 0.944. The summed E-state index contributed by atoms with van der Waals surface area (Å²) in [6, 6.07) is 0. The molecule has 0 aliphatic rings. The van der Waals surface area contributed by atoms with E-state index in [0.717, 1.165) is 44.9 Å². The molecule has 6 heteroatoms. The summed E-state index contributed by atoms with van der Waals surface area (Å²) in [4.78, 5) is 20.6. The number of carboxylic acid groups (broad SMARTS) is 2. The van der Waals surface area contributed by atoms with Gasteiger partial charge in [0.2, 0.25) is 0 Å². The van der Waals surface area contributed by atoms with Crippen LogP contribution in [0.2, 0.25) is 0 Å². The van der Waals surface area contributed by atoms with Crippen LogP contribution in [0, 0.1) is 0 Å². The summed E-state index contributed by atoms with van der Waals surface area (Å²) in [5, 5.41) is 33.6. The molecule has 0 heterocycles. The molecule has 0 spiro atoms. The van der Waals surface area contributed by atoms with Gasteiger partial charge >= 0.3 is 11.9 Å². The summed E-state index contributed by atoms with van der Waals surface area (Å²) in [6.45, 7) is 6.60. The highest BCUT2D eigenvalue weighted by Gasteiger charge is 1.98. The summed E-state index contributed by atoms with van der Waals surface area (Å²) < 4.78 is 0. The molecule has 0 bridgehead atoms. The number of carbonyl (C=O) groups is 2. The third-order valence-electron chi connectivity index (χ3n) is 7.55. The highest BCUT2D eigenvalue weighted by atomic mass is 16.5. The van der Waals surface area contributed by atoms with E-state index in [1.54, 1.807) is 0 Å². The van der Waals surface area contributed by atoms with Crippen molar-refractivity contribution < 1.29 is 30.0 Å². The zero-order chi connectivity index (χ0) is 31.9. The van der Waals surface area contributed by atoms with Crippen molar-refractivity contribution >= 4 is 11.9 Å². The van der Waals surface area contributed by atoms with E-state index in [9.17, 15) is 9.59 Å². The Kier molecular flexibility index (Phi) is 45.3. The van der Waals surface area contributed by atoms with Crippen LogP contribution in [0.1, 0.15) is 213 Å². The molecule has 0 atom stereocenters. The number of rotatable bonds is 30. The average Bonchev–Trinajstić information content (AvgIpc) is 2.94. The topological polar surface area (TPSA) is 115 Å². The Morgan fingerprint density at radius 1 is 0.381 bits per heavy atom. The van der Waals surface area contributed by atoms with Gasteiger partial charge in [-0.3, -0.25) is 9.59 Å². The van der Waals surface area contributed by atoms with Crippen molar-refractivity contribution in [2.24, 2.45) is 0 Å². The Morgan fingerprint density at radius 2 is 0.595 bits per heavy atom. The minimum absolute atomic E-state index is 0.345. The van der Waals surface area contributed by atoms with Gasteiger partial charge in [-0.15, -0.1) is 0 Å². The molecule has 0 rings (SSSR count). The Labute approximate surface area is 261 Å². The first-order chi connectivity index (χ1) is 20.3. The van der Waals surface area contributed by atoms with Crippen molar-refractivity contribution in [3.05, 3.63) is 0 Å². The minimum atomic E-state index is -1.10. The first-order valence-electron chi connectivity index (χ1n) is 18.1. The fourth-order valence-corrected chi connectivity index (χ4v) is 4.81. The molecule has 0 fully saturated rings. The normalized spacial score (nSPS) is 10.6. The van der Waals surface area contributed by atoms with Crippen LogP contribution in [0.15, 0.2) is 0 Å². The number of carboxylic acids is 2. The molecular weight excluding hydrogens is 528 g/mol. The van der Waals surface area contributed by atoms with Gasteiger partial charge in [-0.2, -0.15) is 0 Å². The van der Waals surface area contributed by atoms with Crippen LogP contribution in [0.25, 0.3) is 0 Å². The van der Waals surface area contributed by atoms with Crippen LogP contribution < -0.4 is 0 Å². The highest BCUT2D eigenvalue weighted by Crippen LogP contribution is 2.13. The van der Waals surface area contributed by atoms with Gasteiger partial charge in [0.25, 0.3) is 0 Å². The van der Waals surface area contributed by atoms with Crippen molar-refractivity contribution in [1.82, 2.24) is 0 Å². The predicted octanol–water partition coefficient (Wildman–Crippen LogP) is 11.2. The summed E-state index contributed by atoms with van der Waals surface area (Å²) in [5.74, 6) is -1.31. The number of aliphatic carboxylic acids is 2. The maximum atomic E-state index is 10.3. The lowest BCUT2D eigenvalue weighted by molar-refractivity contribution is -0.138. The van der Waals surface area contributed by atoms with Crippen molar-refractivity contribution in [1.29, 1.82) is 0 Å². The SMILES string of the molecule is CCCCCC(O)O.CCCCCCCCCCCCCCC(=O)O.CCCCCCCCCCCCCCC(=O)O. The molecule has 0 radical (unpaired) electrons. The summed E-state index contributed by atoms with van der Waals surface area (Å²) in [5.41, 5.74) is 0. The second-order valence-electron chi connectivity index (χ2n) is 12.0. The molecule has 0 amide bonds. The second-order valence-corrected chi connectivity index (χ2v) is 12.0. The Hall–Kier alpha value is -1.14. The molecule has 0 aromatic heterocycles. The van der Waals surface area contributed by atoms with E-state index in [0.29, 0.717) is 19.3 Å². The predicted molar refractivity (Wildman–Crippen MR) is 179 cm³/mol. The lowest BCUT2D eigenvalue weighted by Crippen LogP contribution is -2.02. The van der Waals surface area contributed by atoms with E-state index < -0.39 is 18.2 Å². The van der Waals surface area contributed by atoms with Gasteiger partial charge < -0.3 is 20.4 Å². The lowest BCUT2D eigenvalue weighted by atomic mass is 10.0. The average molecular weight is 603 g/mol. The van der Waals surface area contributed by atoms with Gasteiger partial charge in [0, 0.05) is 12.8 Å². The third kappa shape index (κ3) is 54.9. The van der Waals surface area contributed by atoms with E-state index in [2.05, 4.69) is 20.8 Å². The fourth-order valence-electron chi connectivity index (χ4n) is 4.81. The van der Waals surface area contributed by atoms with Crippen LogP contribution in [0.3, 0.4) is 0 Å². The molecule has 0 unspecified atom stereocenters. The highest BCUT2D eigenvalue weighted by molar-refractivity contribution is 5.66. The van der Waals surface area contributed by atoms with E-state index in [4.69, 9.17) is 20.4 Å². The van der Waals surface area contributed by atoms with Crippen molar-refractivity contribution in [2.75, 3.05) is 0 Å². The van der Waals surface area contributed by atoms with Crippen molar-refractivity contribution in [3.8, 4) is 0 Å². The van der Waals surface area contributed by atoms with Gasteiger partial charge in [0.1, 0.15) is 0 Å². The number of unbranched alkanes of at least 4 members (excludes halogenated alkanes) is 24. The molecule has 0 aromatic rings. The summed E-state index contributed by atoms with van der Waals surface area (Å²) in [7, 11) is 0. The second kappa shape index (κ2) is 42.0. The Morgan fingerprint density at radius 3 is 0.810 bits per heavy atom. The third-order valence-corrected chi connectivity index (χ3v) is 7.55. The van der Waals surface area contributed by atoms with Gasteiger partial charge in [0.05, 0.1) is 0 Å². The first kappa shape index (κ1) is 45.3. The monoisotopic (exact) mass is 603 g/mol. The van der Waals surface area contributed by atoms with Gasteiger partial charge in [-0.1, -0.05) is 175 Å². The van der Waals surface area contributed by atoms with Gasteiger partial charge in [-0.25, -0.2) is 0 Å². The molecule has 6 nitrogen and oxygen atoms in total. The number of hydrogen-bond donors (Lipinski definition) is 4. The molecule has 0 saturated heterocycles. The van der Waals surface area contributed by atoms with Crippen LogP contribution >= 0.6 is 0 Å². The van der Waals surface area contributed by atoms with Crippen LogP contribution in [0.5, 0.6) is 0 Å². The maximum absolute atomic E-state index is 10.3. The smallest absolute Gasteiger partial charge is 0.303 e. The van der Waals surface area contributed by atoms with Gasteiger partial charge in [-0.05, 0) is 25.7 Å². The van der Waals surface area contributed by atoms with Crippen molar-refractivity contribution in [3.63, 3.8) is 0 Å². The first-order valence-corrected chi connectivity index (χ1v) is 18.1. The van der Waals surface area contributed by atoms with Crippen molar-refractivity contribution in [2.45, 2.75) is 220 Å². The quantitative estimate of drug-likeness (QED) is 0.0480. The molecule has 254 valence electrons. The molecule has 0 aliphatic heterocycles. The summed E-state index contributed by atoms with van der Waals surface area (Å²) in [6.07, 6.45) is 34.2. The summed E-state index contributed by atoms with van der Waals surface area (Å²) >= 11 is 0. The minimum Gasteiger partial charge on any atom is -0.481 e. The largest absolute Gasteiger partial charge is 0.481 e. The van der Waals surface area contributed by atoms with Crippen LogP contribution in [0.4, 0.5) is 0 Å². The van der Waals surface area contributed by atoms with E-state index in [1.165, 1.54) is 128 Å². The zero-order valence-electron chi connectivity index (χ0n) is 28.4. The molecule has 4 N–H and O–H groups in total. The maximum Gasteiger partial charge on any atom is 0.303 e. The number of hydrogen-bond acceptors (Lipinski definition) is 4. The Balaban J connectivity index is -0.000000579. The van der Waals surface area contributed by atoms with E-state index in [1.807, 2.05) is 0 Å². The van der Waals surface area contributed by atoms with Gasteiger partial charge in [0.15, 0.2) is 6.29 Å². The molecule has 0 saturated carbocycles. The molecule has 42 heavy (non-hydrogen) atoms. The molecule has 0 aliphatic carbocycles. The molecular formula is C36H74O6. The number of aliphatic hydroxyl groups is 2. The number of aliphatic hydroxyl groups excluding tert-OH is 1. The molecule has 0 aromatic carbocycles. The van der Waals surface area contributed by atoms with Crippen LogP contribution in [-0.4, -0.2) is 38.7 Å². The van der Waals surface area contributed by atoms with E-state index >= 15 is 0 Å². The van der Waals surface area contributed by atoms with Crippen LogP contribution in [-0.2, 0) is 9.59 Å². The zero-order valence-corrected chi connectivity index (χ0v) is 28.4. The van der Waals surface area contributed by atoms with E-state index in [-0.39, 0.29) is 0 Å². The Bertz CT molecular complexity index is 471.